The Hall–Kier alpha value is -0.840. The molecule has 1 fully saturated rings. The predicted octanol–water partition coefficient (Wildman–Crippen LogP) is 3.19. The minimum Gasteiger partial charge on any atom is -0.364 e. The molecule has 3 rings (SSSR count). The third-order valence-electron chi connectivity index (χ3n) is 3.39. The highest BCUT2D eigenvalue weighted by molar-refractivity contribution is 9.09. The van der Waals surface area contributed by atoms with Crippen LogP contribution in [0, 0.1) is 0 Å². The second-order valence-corrected chi connectivity index (χ2v) is 5.82. The fraction of sp³-hybridized carbons (Fsp3) is 0.357. The molecule has 102 valence electrons. The van der Waals surface area contributed by atoms with Crippen molar-refractivity contribution in [3.63, 3.8) is 0 Å². The van der Waals surface area contributed by atoms with E-state index in [2.05, 4.69) is 55.8 Å². The fourth-order valence-corrected chi connectivity index (χ4v) is 2.93. The van der Waals surface area contributed by atoms with Gasteiger partial charge in [-0.2, -0.15) is 0 Å². The molecule has 5 heteroatoms. The van der Waals surface area contributed by atoms with Crippen LogP contribution in [-0.2, 0) is 0 Å². The number of aromatic nitrogens is 1. The van der Waals surface area contributed by atoms with Crippen molar-refractivity contribution < 1.29 is 0 Å². The van der Waals surface area contributed by atoms with Crippen molar-refractivity contribution in [3.8, 4) is 0 Å². The van der Waals surface area contributed by atoms with Crippen LogP contribution in [0.4, 0.5) is 5.82 Å². The molecule has 1 aromatic heterocycles. The Morgan fingerprint density at radius 2 is 2.11 bits per heavy atom. The number of hydrogen-bond donors (Lipinski definition) is 2. The molecule has 2 unspecified atom stereocenters. The predicted molar refractivity (Wildman–Crippen MR) is 86.6 cm³/mol. The first-order valence-corrected chi connectivity index (χ1v) is 7.21. The van der Waals surface area contributed by atoms with E-state index in [0.29, 0.717) is 10.9 Å². The molecule has 0 saturated carbocycles. The van der Waals surface area contributed by atoms with Crippen molar-refractivity contribution in [2.24, 2.45) is 0 Å². The molecular formula is C14H17BrClN3. The van der Waals surface area contributed by atoms with Gasteiger partial charge in [-0.3, -0.25) is 0 Å². The second-order valence-electron chi connectivity index (χ2n) is 4.64. The van der Waals surface area contributed by atoms with Crippen LogP contribution in [0.15, 0.2) is 36.5 Å². The molecule has 1 aromatic carbocycles. The summed E-state index contributed by atoms with van der Waals surface area (Å²) in [5.74, 6) is 0.978. The average Bonchev–Trinajstić information content (AvgIpc) is 2.42. The molecule has 2 heterocycles. The molecule has 0 radical (unpaired) electrons. The van der Waals surface area contributed by atoms with Crippen LogP contribution in [0.2, 0.25) is 0 Å². The Bertz CT molecular complexity index is 544. The average molecular weight is 343 g/mol. The molecule has 0 aliphatic carbocycles. The number of halogens is 2. The van der Waals surface area contributed by atoms with Crippen molar-refractivity contribution in [1.82, 2.24) is 10.3 Å². The van der Waals surface area contributed by atoms with Crippen molar-refractivity contribution in [2.45, 2.75) is 17.3 Å². The van der Waals surface area contributed by atoms with Gasteiger partial charge in [0.05, 0.1) is 6.04 Å². The molecule has 0 amide bonds. The number of fused-ring (bicyclic) bond motifs is 1. The van der Waals surface area contributed by atoms with E-state index >= 15 is 0 Å². The molecule has 1 aliphatic rings. The molecule has 3 nitrogen and oxygen atoms in total. The Kier molecular flexibility index (Phi) is 5.02. The van der Waals surface area contributed by atoms with Gasteiger partial charge in [0.15, 0.2) is 0 Å². The van der Waals surface area contributed by atoms with Gasteiger partial charge in [-0.1, -0.05) is 40.2 Å². The topological polar surface area (TPSA) is 37.0 Å². The maximum Gasteiger partial charge on any atom is 0.134 e. The van der Waals surface area contributed by atoms with Crippen LogP contribution >= 0.6 is 28.3 Å². The van der Waals surface area contributed by atoms with E-state index in [9.17, 15) is 0 Å². The maximum atomic E-state index is 4.48. The zero-order valence-electron chi connectivity index (χ0n) is 10.5. The first kappa shape index (κ1) is 14.6. The van der Waals surface area contributed by atoms with Gasteiger partial charge in [0.25, 0.3) is 0 Å². The van der Waals surface area contributed by atoms with E-state index in [-0.39, 0.29) is 12.4 Å². The summed E-state index contributed by atoms with van der Waals surface area (Å²) in [5.41, 5.74) is 0. The summed E-state index contributed by atoms with van der Waals surface area (Å²) >= 11 is 3.75. The lowest BCUT2D eigenvalue weighted by Gasteiger charge is -2.29. The smallest absolute Gasteiger partial charge is 0.134 e. The van der Waals surface area contributed by atoms with E-state index in [1.54, 1.807) is 0 Å². The number of pyridine rings is 1. The molecule has 1 saturated heterocycles. The maximum absolute atomic E-state index is 4.48. The highest BCUT2D eigenvalue weighted by Crippen LogP contribution is 2.23. The number of anilines is 1. The molecule has 1 aliphatic heterocycles. The lowest BCUT2D eigenvalue weighted by Crippen LogP contribution is -2.45. The van der Waals surface area contributed by atoms with Crippen LogP contribution in [0.1, 0.15) is 6.42 Å². The minimum absolute atomic E-state index is 0. The fourth-order valence-electron chi connectivity index (χ4n) is 2.38. The van der Waals surface area contributed by atoms with Crippen LogP contribution < -0.4 is 10.6 Å². The van der Waals surface area contributed by atoms with Crippen LogP contribution in [-0.4, -0.2) is 28.9 Å². The first-order chi connectivity index (χ1) is 8.84. The van der Waals surface area contributed by atoms with Gasteiger partial charge < -0.3 is 10.6 Å². The van der Waals surface area contributed by atoms with Crippen molar-refractivity contribution in [2.75, 3.05) is 18.4 Å². The highest BCUT2D eigenvalue weighted by Gasteiger charge is 2.22. The van der Waals surface area contributed by atoms with E-state index in [1.807, 2.05) is 12.3 Å². The summed E-state index contributed by atoms with van der Waals surface area (Å²) < 4.78 is 0. The normalized spacial score (nSPS) is 22.8. The lowest BCUT2D eigenvalue weighted by atomic mass is 10.1. The Morgan fingerprint density at radius 1 is 1.26 bits per heavy atom. The van der Waals surface area contributed by atoms with E-state index in [4.69, 9.17) is 0 Å². The summed E-state index contributed by atoms with van der Waals surface area (Å²) in [7, 11) is 0. The number of alkyl halides is 1. The molecule has 2 N–H and O–H groups in total. The number of hydrogen-bond acceptors (Lipinski definition) is 3. The second kappa shape index (κ2) is 6.55. The third-order valence-corrected chi connectivity index (χ3v) is 4.49. The molecule has 0 bridgehead atoms. The monoisotopic (exact) mass is 341 g/mol. The highest BCUT2D eigenvalue weighted by atomic mass is 79.9. The summed E-state index contributed by atoms with van der Waals surface area (Å²) in [5, 5.41) is 9.38. The Labute approximate surface area is 127 Å². The molecule has 2 aromatic rings. The van der Waals surface area contributed by atoms with Gasteiger partial charge in [0.1, 0.15) is 5.82 Å². The minimum atomic E-state index is 0. The van der Waals surface area contributed by atoms with Crippen molar-refractivity contribution in [3.05, 3.63) is 36.5 Å². The number of benzene rings is 1. The first-order valence-electron chi connectivity index (χ1n) is 6.29. The lowest BCUT2D eigenvalue weighted by molar-refractivity contribution is 0.496. The molecule has 2 atom stereocenters. The van der Waals surface area contributed by atoms with Gasteiger partial charge in [-0.05, 0) is 24.4 Å². The summed E-state index contributed by atoms with van der Waals surface area (Å²) in [6, 6.07) is 10.8. The van der Waals surface area contributed by atoms with Gasteiger partial charge in [-0.25, -0.2) is 4.98 Å². The van der Waals surface area contributed by atoms with Gasteiger partial charge in [-0.15, -0.1) is 12.4 Å². The summed E-state index contributed by atoms with van der Waals surface area (Å²) in [4.78, 5) is 4.98. The zero-order valence-corrected chi connectivity index (χ0v) is 12.9. The van der Waals surface area contributed by atoms with Gasteiger partial charge in [0, 0.05) is 23.0 Å². The van der Waals surface area contributed by atoms with Crippen molar-refractivity contribution >= 4 is 44.9 Å². The van der Waals surface area contributed by atoms with E-state index in [0.717, 1.165) is 25.3 Å². The van der Waals surface area contributed by atoms with Crippen LogP contribution in [0.5, 0.6) is 0 Å². The molecule has 0 spiro atoms. The number of nitrogens with zero attached hydrogens (tertiary/aromatic N) is 1. The van der Waals surface area contributed by atoms with Gasteiger partial charge in [0.2, 0.25) is 0 Å². The third kappa shape index (κ3) is 3.19. The summed E-state index contributed by atoms with van der Waals surface area (Å²) in [6.45, 7) is 2.05. The van der Waals surface area contributed by atoms with Crippen molar-refractivity contribution in [1.29, 1.82) is 0 Å². The van der Waals surface area contributed by atoms with Crippen LogP contribution in [0.25, 0.3) is 10.8 Å². The zero-order chi connectivity index (χ0) is 12.4. The number of piperidine rings is 1. The number of rotatable bonds is 2. The molecule has 19 heavy (non-hydrogen) atoms. The Balaban J connectivity index is 0.00000133. The van der Waals surface area contributed by atoms with Gasteiger partial charge >= 0.3 is 0 Å². The largest absolute Gasteiger partial charge is 0.364 e. The summed E-state index contributed by atoms with van der Waals surface area (Å²) in [6.07, 6.45) is 3.01. The van der Waals surface area contributed by atoms with Crippen LogP contribution in [0.3, 0.4) is 0 Å². The van der Waals surface area contributed by atoms with E-state index < -0.39 is 0 Å². The molecular weight excluding hydrogens is 326 g/mol. The standard InChI is InChI=1S/C14H16BrN3.ClH/c15-12-6-7-16-9-13(12)18-14-11-4-2-1-3-10(11)5-8-17-14;/h1-5,8,12-13,16H,6-7,9H2,(H,17,18);1H. The SMILES string of the molecule is BrC1CCNCC1Nc1nccc2ccccc12.Cl. The van der Waals surface area contributed by atoms with E-state index in [1.165, 1.54) is 10.8 Å². The Morgan fingerprint density at radius 3 is 2.95 bits per heavy atom. The number of nitrogens with one attached hydrogen (secondary N) is 2. The quantitative estimate of drug-likeness (QED) is 0.823.